The van der Waals surface area contributed by atoms with Gasteiger partial charge in [-0.15, -0.1) is 0 Å². The SMILES string of the molecule is CN(C)c1nc(CN2CCCC(C)(CO)C2)ns1. The van der Waals surface area contributed by atoms with Gasteiger partial charge in [-0.25, -0.2) is 4.98 Å². The van der Waals surface area contributed by atoms with Crippen LogP contribution in [0, 0.1) is 5.41 Å². The van der Waals surface area contributed by atoms with Crippen LogP contribution < -0.4 is 4.90 Å². The Hall–Kier alpha value is -0.720. The predicted molar refractivity (Wildman–Crippen MR) is 73.9 cm³/mol. The van der Waals surface area contributed by atoms with E-state index in [0.717, 1.165) is 43.4 Å². The summed E-state index contributed by atoms with van der Waals surface area (Å²) in [6, 6.07) is 0. The van der Waals surface area contributed by atoms with Gasteiger partial charge in [0.25, 0.3) is 0 Å². The number of rotatable bonds is 4. The van der Waals surface area contributed by atoms with Gasteiger partial charge in [0.2, 0.25) is 5.13 Å². The minimum atomic E-state index is 0.0403. The fraction of sp³-hybridized carbons (Fsp3) is 0.833. The highest BCUT2D eigenvalue weighted by molar-refractivity contribution is 7.09. The molecule has 5 nitrogen and oxygen atoms in total. The molecule has 6 heteroatoms. The summed E-state index contributed by atoms with van der Waals surface area (Å²) in [5.74, 6) is 0.894. The van der Waals surface area contributed by atoms with Crippen molar-refractivity contribution in [1.29, 1.82) is 0 Å². The van der Waals surface area contributed by atoms with E-state index in [0.29, 0.717) is 0 Å². The van der Waals surface area contributed by atoms with Crippen LogP contribution in [0.5, 0.6) is 0 Å². The molecule has 1 saturated heterocycles. The average molecular weight is 270 g/mol. The second kappa shape index (κ2) is 5.50. The van der Waals surface area contributed by atoms with Gasteiger partial charge in [0.05, 0.1) is 6.54 Å². The number of nitrogens with zero attached hydrogens (tertiary/aromatic N) is 4. The number of piperidine rings is 1. The van der Waals surface area contributed by atoms with Gasteiger partial charge in [0.1, 0.15) is 0 Å². The Morgan fingerprint density at radius 1 is 1.50 bits per heavy atom. The lowest BCUT2D eigenvalue weighted by molar-refractivity contribution is 0.0419. The van der Waals surface area contributed by atoms with Crippen molar-refractivity contribution in [2.45, 2.75) is 26.3 Å². The summed E-state index contributed by atoms with van der Waals surface area (Å²) in [5, 5.41) is 10.4. The zero-order valence-electron chi connectivity index (χ0n) is 11.4. The zero-order chi connectivity index (χ0) is 13.2. The Morgan fingerprint density at radius 2 is 2.28 bits per heavy atom. The second-order valence-electron chi connectivity index (χ2n) is 5.67. The lowest BCUT2D eigenvalue weighted by atomic mass is 9.83. The maximum absolute atomic E-state index is 9.45. The Labute approximate surface area is 113 Å². The molecule has 1 aliphatic rings. The van der Waals surface area contributed by atoms with E-state index >= 15 is 0 Å². The molecule has 18 heavy (non-hydrogen) atoms. The fourth-order valence-electron chi connectivity index (χ4n) is 2.38. The van der Waals surface area contributed by atoms with E-state index in [2.05, 4.69) is 21.2 Å². The Bertz CT molecular complexity index is 395. The van der Waals surface area contributed by atoms with Gasteiger partial charge >= 0.3 is 0 Å². The Kier molecular flexibility index (Phi) is 4.19. The van der Waals surface area contributed by atoms with E-state index in [1.54, 1.807) is 0 Å². The van der Waals surface area contributed by atoms with Crippen LogP contribution in [-0.4, -0.2) is 53.2 Å². The summed E-state index contributed by atoms with van der Waals surface area (Å²) in [5.41, 5.74) is 0.0403. The molecule has 1 aromatic rings. The van der Waals surface area contributed by atoms with Crippen LogP contribution in [0.15, 0.2) is 0 Å². The van der Waals surface area contributed by atoms with Crippen molar-refractivity contribution in [2.24, 2.45) is 5.41 Å². The van der Waals surface area contributed by atoms with E-state index in [1.807, 2.05) is 19.0 Å². The first-order valence-electron chi connectivity index (χ1n) is 6.35. The molecular weight excluding hydrogens is 248 g/mol. The highest BCUT2D eigenvalue weighted by Crippen LogP contribution is 2.29. The minimum absolute atomic E-state index is 0.0403. The number of hydrogen-bond acceptors (Lipinski definition) is 6. The van der Waals surface area contributed by atoms with Gasteiger partial charge in [-0.05, 0) is 19.4 Å². The van der Waals surface area contributed by atoms with Gasteiger partial charge in [0, 0.05) is 44.2 Å². The lowest BCUT2D eigenvalue weighted by Crippen LogP contribution is -2.43. The van der Waals surface area contributed by atoms with Crippen LogP contribution in [0.1, 0.15) is 25.6 Å². The largest absolute Gasteiger partial charge is 0.396 e. The summed E-state index contributed by atoms with van der Waals surface area (Å²) in [6.07, 6.45) is 2.25. The number of likely N-dealkylation sites (tertiary alicyclic amines) is 1. The maximum Gasteiger partial charge on any atom is 0.204 e. The molecule has 102 valence electrons. The van der Waals surface area contributed by atoms with Crippen LogP contribution in [-0.2, 0) is 6.54 Å². The van der Waals surface area contributed by atoms with Gasteiger partial charge < -0.3 is 10.0 Å². The summed E-state index contributed by atoms with van der Waals surface area (Å²) in [6.45, 7) is 5.21. The summed E-state index contributed by atoms with van der Waals surface area (Å²) < 4.78 is 4.39. The van der Waals surface area contributed by atoms with Crippen LogP contribution in [0.25, 0.3) is 0 Å². The van der Waals surface area contributed by atoms with Crippen LogP contribution in [0.3, 0.4) is 0 Å². The molecule has 0 radical (unpaired) electrons. The molecule has 1 fully saturated rings. The van der Waals surface area contributed by atoms with E-state index in [1.165, 1.54) is 11.5 Å². The fourth-order valence-corrected chi connectivity index (χ4v) is 2.98. The standard InChI is InChI=1S/C12H22N4OS/c1-12(9-17)5-4-6-16(8-12)7-10-13-11(15(2)3)18-14-10/h17H,4-9H2,1-3H3. The smallest absolute Gasteiger partial charge is 0.204 e. The van der Waals surface area contributed by atoms with Crippen LogP contribution in [0.2, 0.25) is 0 Å². The number of aromatic nitrogens is 2. The molecule has 0 aromatic carbocycles. The Balaban J connectivity index is 1.96. The second-order valence-corrected chi connectivity index (χ2v) is 6.40. The first kappa shape index (κ1) is 13.7. The van der Waals surface area contributed by atoms with Gasteiger partial charge in [-0.1, -0.05) is 6.92 Å². The molecule has 0 amide bonds. The molecule has 0 spiro atoms. The first-order valence-corrected chi connectivity index (χ1v) is 7.13. The van der Waals surface area contributed by atoms with E-state index in [-0.39, 0.29) is 12.0 Å². The molecule has 1 atom stereocenters. The zero-order valence-corrected chi connectivity index (χ0v) is 12.2. The molecule has 1 aliphatic heterocycles. The predicted octanol–water partition coefficient (Wildman–Crippen LogP) is 1.20. The van der Waals surface area contributed by atoms with Crippen molar-refractivity contribution in [2.75, 3.05) is 38.7 Å². The van der Waals surface area contributed by atoms with Crippen LogP contribution >= 0.6 is 11.5 Å². The molecule has 1 aromatic heterocycles. The van der Waals surface area contributed by atoms with Crippen molar-refractivity contribution in [3.63, 3.8) is 0 Å². The number of aliphatic hydroxyl groups is 1. The third-order valence-corrected chi connectivity index (χ3v) is 4.37. The van der Waals surface area contributed by atoms with Crippen molar-refractivity contribution in [1.82, 2.24) is 14.3 Å². The number of aliphatic hydroxyl groups excluding tert-OH is 1. The Morgan fingerprint density at radius 3 is 2.89 bits per heavy atom. The summed E-state index contributed by atoms with van der Waals surface area (Å²) in [4.78, 5) is 8.84. The van der Waals surface area contributed by atoms with Gasteiger partial charge in [0.15, 0.2) is 5.82 Å². The first-order chi connectivity index (χ1) is 8.52. The summed E-state index contributed by atoms with van der Waals surface area (Å²) in [7, 11) is 3.96. The third kappa shape index (κ3) is 3.18. The van der Waals surface area contributed by atoms with Gasteiger partial charge in [-0.2, -0.15) is 4.37 Å². The molecule has 2 heterocycles. The van der Waals surface area contributed by atoms with Gasteiger partial charge in [-0.3, -0.25) is 4.90 Å². The topological polar surface area (TPSA) is 52.5 Å². The molecule has 0 aliphatic carbocycles. The lowest BCUT2D eigenvalue weighted by Gasteiger charge is -2.38. The van der Waals surface area contributed by atoms with Crippen molar-refractivity contribution >= 4 is 16.7 Å². The highest BCUT2D eigenvalue weighted by atomic mass is 32.1. The molecule has 0 saturated carbocycles. The molecule has 2 rings (SSSR count). The normalized spacial score (nSPS) is 25.3. The third-order valence-electron chi connectivity index (χ3n) is 3.45. The number of anilines is 1. The van der Waals surface area contributed by atoms with Crippen molar-refractivity contribution < 1.29 is 5.11 Å². The summed E-state index contributed by atoms with van der Waals surface area (Å²) >= 11 is 1.44. The minimum Gasteiger partial charge on any atom is -0.396 e. The molecule has 0 bridgehead atoms. The average Bonchev–Trinajstić information content (AvgIpc) is 2.78. The molecule has 1 N–H and O–H groups in total. The maximum atomic E-state index is 9.45. The molecular formula is C12H22N4OS. The van der Waals surface area contributed by atoms with E-state index < -0.39 is 0 Å². The molecule has 1 unspecified atom stereocenters. The van der Waals surface area contributed by atoms with E-state index in [9.17, 15) is 5.11 Å². The highest BCUT2D eigenvalue weighted by Gasteiger charge is 2.30. The van der Waals surface area contributed by atoms with E-state index in [4.69, 9.17) is 0 Å². The number of hydrogen-bond donors (Lipinski definition) is 1. The van der Waals surface area contributed by atoms with Crippen molar-refractivity contribution in [3.8, 4) is 0 Å². The quantitative estimate of drug-likeness (QED) is 0.891. The monoisotopic (exact) mass is 270 g/mol. The van der Waals surface area contributed by atoms with Crippen LogP contribution in [0.4, 0.5) is 5.13 Å². The van der Waals surface area contributed by atoms with Crippen molar-refractivity contribution in [3.05, 3.63) is 5.82 Å².